The molecule has 3 heteroatoms. The lowest BCUT2D eigenvalue weighted by Gasteiger charge is -2.32. The maximum atomic E-state index is 9.18. The zero-order valence-corrected chi connectivity index (χ0v) is 22.6. The monoisotopic (exact) mass is 458 g/mol. The smallest absolute Gasteiger partial charge is 0.127 e. The predicted molar refractivity (Wildman–Crippen MR) is 139 cm³/mol. The van der Waals surface area contributed by atoms with Crippen molar-refractivity contribution in [3.8, 4) is 11.5 Å². The number of aliphatic hydroxyl groups is 1. The van der Waals surface area contributed by atoms with E-state index in [0.717, 1.165) is 53.6 Å². The summed E-state index contributed by atoms with van der Waals surface area (Å²) in [4.78, 5) is 0. The van der Waals surface area contributed by atoms with E-state index in [0.29, 0.717) is 6.61 Å². The molecule has 0 bridgehead atoms. The number of benzene rings is 1. The van der Waals surface area contributed by atoms with Crippen LogP contribution in [0.3, 0.4) is 0 Å². The zero-order chi connectivity index (χ0) is 24.2. The van der Waals surface area contributed by atoms with E-state index in [4.69, 9.17) is 9.47 Å². The molecule has 1 saturated carbocycles. The summed E-state index contributed by atoms with van der Waals surface area (Å²) in [6.45, 7) is 16.4. The maximum Gasteiger partial charge on any atom is 0.127 e. The largest absolute Gasteiger partial charge is 0.491 e. The highest BCUT2D eigenvalue weighted by molar-refractivity contribution is 5.59. The summed E-state index contributed by atoms with van der Waals surface area (Å²) in [6, 6.07) is 0. The van der Waals surface area contributed by atoms with E-state index in [1.807, 2.05) is 0 Å². The van der Waals surface area contributed by atoms with Crippen LogP contribution in [0.5, 0.6) is 11.5 Å². The summed E-state index contributed by atoms with van der Waals surface area (Å²) >= 11 is 0. The van der Waals surface area contributed by atoms with Gasteiger partial charge in [0.05, 0.1) is 6.61 Å². The van der Waals surface area contributed by atoms with Gasteiger partial charge in [0.15, 0.2) is 0 Å². The molecule has 4 atom stereocenters. The normalized spacial score (nSPS) is 23.4. The van der Waals surface area contributed by atoms with Gasteiger partial charge >= 0.3 is 0 Å². The first kappa shape index (κ1) is 26.4. The molecule has 1 heterocycles. The van der Waals surface area contributed by atoms with E-state index in [1.165, 1.54) is 68.1 Å². The summed E-state index contributed by atoms with van der Waals surface area (Å²) in [7, 11) is 0. The Labute approximate surface area is 203 Å². The number of fused-ring (bicyclic) bond motifs is 1. The van der Waals surface area contributed by atoms with Crippen LogP contribution in [0, 0.1) is 44.4 Å². The quantitative estimate of drug-likeness (QED) is 0.329. The van der Waals surface area contributed by atoms with Crippen molar-refractivity contribution in [2.24, 2.45) is 23.7 Å². The molecule has 1 N–H and O–H groups in total. The van der Waals surface area contributed by atoms with E-state index in [1.54, 1.807) is 0 Å². The molecule has 1 aliphatic carbocycles. The molecule has 0 saturated heterocycles. The van der Waals surface area contributed by atoms with Crippen molar-refractivity contribution in [2.45, 2.75) is 118 Å². The van der Waals surface area contributed by atoms with Gasteiger partial charge in [-0.25, -0.2) is 0 Å². The molecule has 0 radical (unpaired) electrons. The molecule has 1 spiro atoms. The van der Waals surface area contributed by atoms with Crippen LogP contribution in [-0.2, 0) is 6.42 Å². The molecule has 188 valence electrons. The van der Waals surface area contributed by atoms with Crippen LogP contribution < -0.4 is 9.47 Å². The fourth-order valence-corrected chi connectivity index (χ4v) is 6.07. The SMILES string of the molecule is Cc1c(C)c2c(c(C)c1OCCO)CC[C@@]1(CC1C[C@H](C)CCC[C@H](C)CCCC(C)C)O2. The zero-order valence-electron chi connectivity index (χ0n) is 22.6. The van der Waals surface area contributed by atoms with Gasteiger partial charge < -0.3 is 14.6 Å². The van der Waals surface area contributed by atoms with E-state index in [9.17, 15) is 5.11 Å². The second kappa shape index (κ2) is 11.5. The van der Waals surface area contributed by atoms with Gasteiger partial charge in [-0.3, -0.25) is 0 Å². The first-order chi connectivity index (χ1) is 15.7. The second-order valence-corrected chi connectivity index (χ2v) is 11.9. The average molecular weight is 459 g/mol. The fraction of sp³-hybridized carbons (Fsp3) is 0.800. The molecule has 1 unspecified atom stereocenters. The molecule has 1 aliphatic heterocycles. The highest BCUT2D eigenvalue weighted by Gasteiger charge is 2.58. The Balaban J connectivity index is 1.49. The lowest BCUT2D eigenvalue weighted by atomic mass is 9.88. The van der Waals surface area contributed by atoms with Gasteiger partial charge in [-0.15, -0.1) is 0 Å². The van der Waals surface area contributed by atoms with Gasteiger partial charge in [0, 0.05) is 11.5 Å². The Morgan fingerprint density at radius 2 is 1.61 bits per heavy atom. The Morgan fingerprint density at radius 3 is 2.27 bits per heavy atom. The number of aliphatic hydroxyl groups excluding tert-OH is 1. The van der Waals surface area contributed by atoms with Crippen molar-refractivity contribution in [2.75, 3.05) is 13.2 Å². The van der Waals surface area contributed by atoms with Gasteiger partial charge in [-0.1, -0.05) is 66.2 Å². The van der Waals surface area contributed by atoms with Gasteiger partial charge in [0.1, 0.15) is 23.7 Å². The predicted octanol–water partition coefficient (Wildman–Crippen LogP) is 7.73. The van der Waals surface area contributed by atoms with Crippen molar-refractivity contribution >= 4 is 0 Å². The minimum absolute atomic E-state index is 0.0472. The van der Waals surface area contributed by atoms with E-state index in [-0.39, 0.29) is 12.2 Å². The third-order valence-corrected chi connectivity index (χ3v) is 8.49. The third-order valence-electron chi connectivity index (χ3n) is 8.49. The topological polar surface area (TPSA) is 38.7 Å². The first-order valence-electron chi connectivity index (χ1n) is 13.7. The van der Waals surface area contributed by atoms with Crippen molar-refractivity contribution in [1.29, 1.82) is 0 Å². The molecule has 0 amide bonds. The van der Waals surface area contributed by atoms with Crippen LogP contribution >= 0.6 is 0 Å². The molecule has 0 aromatic heterocycles. The molecule has 1 aromatic carbocycles. The molecule has 3 nitrogen and oxygen atoms in total. The van der Waals surface area contributed by atoms with Crippen molar-refractivity contribution in [3.05, 3.63) is 22.3 Å². The minimum Gasteiger partial charge on any atom is -0.491 e. The summed E-state index contributed by atoms with van der Waals surface area (Å²) in [5.41, 5.74) is 4.98. The standard InChI is InChI=1S/C30H50O3/c1-20(2)10-8-11-21(3)12-9-13-22(4)18-26-19-30(26)15-14-27-25(7)28(32-17-16-31)23(5)24(6)29(27)33-30/h20-22,26,31H,8-19H2,1-7H3/t21-,22-,26?,30+/m1/s1. The van der Waals surface area contributed by atoms with E-state index < -0.39 is 0 Å². The lowest BCUT2D eigenvalue weighted by molar-refractivity contribution is 0.124. The number of ether oxygens (including phenoxy) is 2. The molecule has 1 fully saturated rings. The fourth-order valence-electron chi connectivity index (χ4n) is 6.07. The molecule has 1 aromatic rings. The Hall–Kier alpha value is -1.22. The summed E-state index contributed by atoms with van der Waals surface area (Å²) in [5, 5.41) is 9.18. The Morgan fingerprint density at radius 1 is 0.939 bits per heavy atom. The second-order valence-electron chi connectivity index (χ2n) is 11.9. The number of hydrogen-bond acceptors (Lipinski definition) is 3. The van der Waals surface area contributed by atoms with Crippen molar-refractivity contribution < 1.29 is 14.6 Å². The maximum absolute atomic E-state index is 9.18. The van der Waals surface area contributed by atoms with Crippen LogP contribution in [0.15, 0.2) is 0 Å². The Bertz CT molecular complexity index is 783. The molecule has 3 rings (SSSR count). The van der Waals surface area contributed by atoms with E-state index in [2.05, 4.69) is 48.5 Å². The summed E-state index contributed by atoms with van der Waals surface area (Å²) < 4.78 is 12.7. The lowest BCUT2D eigenvalue weighted by Crippen LogP contribution is -2.29. The number of rotatable bonds is 13. The van der Waals surface area contributed by atoms with Gasteiger partial charge in [-0.2, -0.15) is 0 Å². The van der Waals surface area contributed by atoms with Crippen LogP contribution in [0.25, 0.3) is 0 Å². The van der Waals surface area contributed by atoms with Crippen LogP contribution in [-0.4, -0.2) is 23.9 Å². The highest BCUT2D eigenvalue weighted by atomic mass is 16.5. The van der Waals surface area contributed by atoms with Gasteiger partial charge in [0.25, 0.3) is 0 Å². The van der Waals surface area contributed by atoms with Gasteiger partial charge in [-0.05, 0) is 80.9 Å². The highest BCUT2D eigenvalue weighted by Crippen LogP contribution is 2.58. The molecular weight excluding hydrogens is 408 g/mol. The number of hydrogen-bond donors (Lipinski definition) is 1. The molecular formula is C30H50O3. The van der Waals surface area contributed by atoms with Crippen LogP contribution in [0.4, 0.5) is 0 Å². The van der Waals surface area contributed by atoms with E-state index >= 15 is 0 Å². The van der Waals surface area contributed by atoms with Crippen molar-refractivity contribution in [1.82, 2.24) is 0 Å². The minimum atomic E-state index is 0.0472. The molecule has 33 heavy (non-hydrogen) atoms. The first-order valence-corrected chi connectivity index (χ1v) is 13.7. The molecule has 2 aliphatic rings. The van der Waals surface area contributed by atoms with Gasteiger partial charge in [0.2, 0.25) is 0 Å². The Kier molecular flexibility index (Phi) is 9.17. The average Bonchev–Trinajstić information content (AvgIpc) is 3.41. The van der Waals surface area contributed by atoms with Crippen LogP contribution in [0.2, 0.25) is 0 Å². The summed E-state index contributed by atoms with van der Waals surface area (Å²) in [6.07, 6.45) is 13.0. The van der Waals surface area contributed by atoms with Crippen LogP contribution in [0.1, 0.15) is 108 Å². The van der Waals surface area contributed by atoms with Crippen molar-refractivity contribution in [3.63, 3.8) is 0 Å². The third kappa shape index (κ3) is 6.47. The summed E-state index contributed by atoms with van der Waals surface area (Å²) in [5.74, 6) is 5.30.